The summed E-state index contributed by atoms with van der Waals surface area (Å²) >= 11 is 0. The molecule has 0 unspecified atom stereocenters. The van der Waals surface area contributed by atoms with Crippen LogP contribution in [0, 0.1) is 0 Å². The number of hydrogen-bond donors (Lipinski definition) is 2. The third-order valence-corrected chi connectivity index (χ3v) is 5.91. The van der Waals surface area contributed by atoms with Gasteiger partial charge in [-0.15, -0.1) is 0 Å². The summed E-state index contributed by atoms with van der Waals surface area (Å²) < 4.78 is 16.5. The number of ether oxygens (including phenoxy) is 3. The van der Waals surface area contributed by atoms with Gasteiger partial charge in [-0.1, -0.05) is 54.6 Å². The molecule has 0 saturated heterocycles. The number of rotatable bonds is 11. The first kappa shape index (κ1) is 26.3. The van der Waals surface area contributed by atoms with Crippen LogP contribution in [0.15, 0.2) is 97.1 Å². The SMILES string of the molecule is COc1ccc(CCNC(=O)c2ccccc2NC(=O)c2cccc(OCc3ccccc3)c2)cc1OC. The van der Waals surface area contributed by atoms with Crippen LogP contribution in [0.5, 0.6) is 17.2 Å². The normalized spacial score (nSPS) is 10.4. The summed E-state index contributed by atoms with van der Waals surface area (Å²) in [7, 11) is 3.17. The van der Waals surface area contributed by atoms with Gasteiger partial charge in [0.1, 0.15) is 12.4 Å². The molecule has 0 aromatic heterocycles. The molecule has 7 nitrogen and oxygen atoms in total. The second-order valence-electron chi connectivity index (χ2n) is 8.50. The summed E-state index contributed by atoms with van der Waals surface area (Å²) in [6.07, 6.45) is 0.608. The van der Waals surface area contributed by atoms with E-state index in [1.807, 2.05) is 48.5 Å². The fourth-order valence-electron chi connectivity index (χ4n) is 3.90. The van der Waals surface area contributed by atoms with Gasteiger partial charge in [-0.05, 0) is 60.0 Å². The first-order valence-corrected chi connectivity index (χ1v) is 12.2. The molecule has 0 saturated carbocycles. The maximum Gasteiger partial charge on any atom is 0.255 e. The number of para-hydroxylation sites is 1. The first-order chi connectivity index (χ1) is 18.6. The zero-order valence-corrected chi connectivity index (χ0v) is 21.4. The lowest BCUT2D eigenvalue weighted by Gasteiger charge is -2.13. The van der Waals surface area contributed by atoms with Crippen molar-refractivity contribution >= 4 is 17.5 Å². The van der Waals surface area contributed by atoms with Crippen LogP contribution in [0.4, 0.5) is 5.69 Å². The van der Waals surface area contributed by atoms with Crippen LogP contribution in [0.2, 0.25) is 0 Å². The maximum absolute atomic E-state index is 13.0. The summed E-state index contributed by atoms with van der Waals surface area (Å²) in [5.41, 5.74) is 3.27. The van der Waals surface area contributed by atoms with Crippen molar-refractivity contribution in [2.45, 2.75) is 13.0 Å². The molecular weight excluding hydrogens is 480 g/mol. The van der Waals surface area contributed by atoms with Gasteiger partial charge < -0.3 is 24.8 Å². The fourth-order valence-corrected chi connectivity index (χ4v) is 3.90. The average Bonchev–Trinajstić information content (AvgIpc) is 2.97. The minimum atomic E-state index is -0.333. The lowest BCUT2D eigenvalue weighted by Crippen LogP contribution is -2.27. The van der Waals surface area contributed by atoms with E-state index in [9.17, 15) is 9.59 Å². The van der Waals surface area contributed by atoms with Crippen LogP contribution in [0.25, 0.3) is 0 Å². The van der Waals surface area contributed by atoms with Gasteiger partial charge in [0.05, 0.1) is 25.5 Å². The van der Waals surface area contributed by atoms with Gasteiger partial charge in [0.15, 0.2) is 11.5 Å². The molecule has 0 heterocycles. The number of benzene rings is 4. The van der Waals surface area contributed by atoms with Crippen molar-refractivity contribution in [3.05, 3.63) is 119 Å². The maximum atomic E-state index is 13.0. The van der Waals surface area contributed by atoms with E-state index in [1.165, 1.54) is 0 Å². The molecule has 38 heavy (non-hydrogen) atoms. The number of anilines is 1. The largest absolute Gasteiger partial charge is 0.493 e. The number of methoxy groups -OCH3 is 2. The lowest BCUT2D eigenvalue weighted by molar-refractivity contribution is 0.0955. The van der Waals surface area contributed by atoms with Crippen molar-refractivity contribution in [1.29, 1.82) is 0 Å². The number of carbonyl (C=O) groups is 2. The highest BCUT2D eigenvalue weighted by Gasteiger charge is 2.15. The summed E-state index contributed by atoms with van der Waals surface area (Å²) in [4.78, 5) is 26.0. The van der Waals surface area contributed by atoms with Crippen molar-refractivity contribution in [2.24, 2.45) is 0 Å². The molecule has 0 aliphatic rings. The topological polar surface area (TPSA) is 85.9 Å². The molecule has 0 fully saturated rings. The Labute approximate surface area is 222 Å². The van der Waals surface area contributed by atoms with Crippen LogP contribution in [0.1, 0.15) is 31.8 Å². The predicted molar refractivity (Wildman–Crippen MR) is 147 cm³/mol. The Hall–Kier alpha value is -4.78. The molecule has 0 aliphatic heterocycles. The van der Waals surface area contributed by atoms with Crippen LogP contribution in [-0.2, 0) is 13.0 Å². The minimum absolute atomic E-state index is 0.277. The molecule has 0 spiro atoms. The van der Waals surface area contributed by atoms with E-state index in [2.05, 4.69) is 10.6 Å². The van der Waals surface area contributed by atoms with Crippen molar-refractivity contribution in [1.82, 2.24) is 5.32 Å². The minimum Gasteiger partial charge on any atom is -0.493 e. The highest BCUT2D eigenvalue weighted by molar-refractivity contribution is 6.09. The standard InChI is InChI=1S/C31H30N2O5/c1-36-28-16-15-22(19-29(28)37-2)17-18-32-31(35)26-13-6-7-14-27(26)33-30(34)24-11-8-12-25(20-24)38-21-23-9-4-3-5-10-23/h3-16,19-20H,17-18,21H2,1-2H3,(H,32,35)(H,33,34). The van der Waals surface area contributed by atoms with Crippen LogP contribution >= 0.6 is 0 Å². The van der Waals surface area contributed by atoms with Gasteiger partial charge in [0, 0.05) is 12.1 Å². The zero-order chi connectivity index (χ0) is 26.7. The molecule has 0 aliphatic carbocycles. The average molecular weight is 511 g/mol. The second-order valence-corrected chi connectivity index (χ2v) is 8.50. The summed E-state index contributed by atoms with van der Waals surface area (Å²) in [6.45, 7) is 0.815. The number of nitrogens with one attached hydrogen (secondary N) is 2. The number of amides is 2. The van der Waals surface area contributed by atoms with E-state index in [1.54, 1.807) is 62.8 Å². The molecule has 2 N–H and O–H groups in total. The summed E-state index contributed by atoms with van der Waals surface area (Å²) in [5, 5.41) is 5.78. The van der Waals surface area contributed by atoms with E-state index in [4.69, 9.17) is 14.2 Å². The molecular formula is C31H30N2O5. The Kier molecular flexibility index (Phi) is 8.97. The van der Waals surface area contributed by atoms with Crippen molar-refractivity contribution in [3.63, 3.8) is 0 Å². The van der Waals surface area contributed by atoms with Crippen molar-refractivity contribution in [2.75, 3.05) is 26.1 Å². The molecule has 2 amide bonds. The van der Waals surface area contributed by atoms with Crippen LogP contribution < -0.4 is 24.8 Å². The smallest absolute Gasteiger partial charge is 0.255 e. The van der Waals surface area contributed by atoms with Gasteiger partial charge in [-0.3, -0.25) is 9.59 Å². The molecule has 0 atom stereocenters. The van der Waals surface area contributed by atoms with Crippen molar-refractivity contribution < 1.29 is 23.8 Å². The molecule has 4 aromatic carbocycles. The Morgan fingerprint density at radius 3 is 2.26 bits per heavy atom. The first-order valence-electron chi connectivity index (χ1n) is 12.2. The van der Waals surface area contributed by atoms with Gasteiger partial charge in [-0.2, -0.15) is 0 Å². The van der Waals surface area contributed by atoms with Gasteiger partial charge in [0.25, 0.3) is 11.8 Å². The van der Waals surface area contributed by atoms with E-state index >= 15 is 0 Å². The molecule has 4 rings (SSSR count). The molecule has 7 heteroatoms. The summed E-state index contributed by atoms with van der Waals surface area (Å²) in [6, 6.07) is 29.3. The Bertz CT molecular complexity index is 1390. The Balaban J connectivity index is 1.36. The van der Waals surface area contributed by atoms with Gasteiger partial charge >= 0.3 is 0 Å². The molecule has 194 valence electrons. The summed E-state index contributed by atoms with van der Waals surface area (Å²) in [5.74, 6) is 1.27. The zero-order valence-electron chi connectivity index (χ0n) is 21.4. The monoisotopic (exact) mass is 510 g/mol. The Morgan fingerprint density at radius 2 is 1.47 bits per heavy atom. The highest BCUT2D eigenvalue weighted by atomic mass is 16.5. The Morgan fingerprint density at radius 1 is 0.711 bits per heavy atom. The van der Waals surface area contributed by atoms with Crippen LogP contribution in [-0.4, -0.2) is 32.6 Å². The fraction of sp³-hybridized carbons (Fsp3) is 0.161. The molecule has 4 aromatic rings. The molecule has 0 bridgehead atoms. The molecule has 0 radical (unpaired) electrons. The van der Waals surface area contributed by atoms with E-state index in [0.29, 0.717) is 53.6 Å². The van der Waals surface area contributed by atoms with E-state index < -0.39 is 0 Å². The third-order valence-electron chi connectivity index (χ3n) is 5.91. The lowest BCUT2D eigenvalue weighted by atomic mass is 10.1. The second kappa shape index (κ2) is 13.0. The number of hydrogen-bond acceptors (Lipinski definition) is 5. The predicted octanol–water partition coefficient (Wildman–Crippen LogP) is 5.51. The van der Waals surface area contributed by atoms with Crippen molar-refractivity contribution in [3.8, 4) is 17.2 Å². The quantitative estimate of drug-likeness (QED) is 0.278. The number of carbonyl (C=O) groups excluding carboxylic acids is 2. The third kappa shape index (κ3) is 6.91. The van der Waals surface area contributed by atoms with Crippen LogP contribution in [0.3, 0.4) is 0 Å². The van der Waals surface area contributed by atoms with Gasteiger partial charge in [0.2, 0.25) is 0 Å². The van der Waals surface area contributed by atoms with Gasteiger partial charge in [-0.25, -0.2) is 0 Å². The highest BCUT2D eigenvalue weighted by Crippen LogP contribution is 2.27. The van der Waals surface area contributed by atoms with E-state index in [0.717, 1.165) is 11.1 Å². The van der Waals surface area contributed by atoms with E-state index in [-0.39, 0.29) is 11.8 Å².